The third kappa shape index (κ3) is 6.21. The van der Waals surface area contributed by atoms with Gasteiger partial charge in [0.05, 0.1) is 5.56 Å². The summed E-state index contributed by atoms with van der Waals surface area (Å²) in [4.78, 5) is 16.1. The van der Waals surface area contributed by atoms with Crippen LogP contribution in [0.1, 0.15) is 37.6 Å². The van der Waals surface area contributed by atoms with Gasteiger partial charge in [0, 0.05) is 20.3 Å². The van der Waals surface area contributed by atoms with Gasteiger partial charge in [-0.2, -0.15) is 0 Å². The number of methoxy groups -OCH3 is 1. The molecule has 0 atom stereocenters. The molecule has 0 amide bonds. The van der Waals surface area contributed by atoms with Gasteiger partial charge in [0.15, 0.2) is 0 Å². The molecule has 0 aliphatic rings. The highest BCUT2D eigenvalue weighted by Crippen LogP contribution is 2.18. The second-order valence-electron chi connectivity index (χ2n) is 5.34. The molecule has 0 fully saturated rings. The summed E-state index contributed by atoms with van der Waals surface area (Å²) in [7, 11) is 1.65. The van der Waals surface area contributed by atoms with Gasteiger partial charge in [0.25, 0.3) is 0 Å². The van der Waals surface area contributed by atoms with E-state index in [-0.39, 0.29) is 5.15 Å². The molecule has 1 rings (SSSR count). The maximum Gasteiger partial charge on any atom is 0.338 e. The molecule has 5 nitrogen and oxygen atoms in total. The summed E-state index contributed by atoms with van der Waals surface area (Å²) in [6.07, 6.45) is 0.840. The summed E-state index contributed by atoms with van der Waals surface area (Å²) in [5.74, 6) is 0.135. The van der Waals surface area contributed by atoms with Crippen molar-refractivity contribution in [1.29, 1.82) is 0 Å². The Kier molecular flexibility index (Phi) is 6.23. The summed E-state index contributed by atoms with van der Waals surface area (Å²) in [5.41, 5.74) is -0.159. The van der Waals surface area contributed by atoms with Crippen LogP contribution in [0.15, 0.2) is 12.1 Å². The van der Waals surface area contributed by atoms with Gasteiger partial charge in [0.1, 0.15) is 16.6 Å². The van der Waals surface area contributed by atoms with Gasteiger partial charge in [-0.15, -0.1) is 0 Å². The first kappa shape index (κ1) is 16.7. The Morgan fingerprint density at radius 2 is 2.10 bits per heavy atom. The molecule has 1 heterocycles. The van der Waals surface area contributed by atoms with E-state index in [0.717, 1.165) is 6.42 Å². The maximum absolute atomic E-state index is 12.0. The van der Waals surface area contributed by atoms with Gasteiger partial charge in [-0.3, -0.25) is 0 Å². The Morgan fingerprint density at radius 3 is 2.70 bits per heavy atom. The first-order valence-corrected chi connectivity index (χ1v) is 6.83. The second kappa shape index (κ2) is 7.45. The monoisotopic (exact) mass is 300 g/mol. The minimum absolute atomic E-state index is 0.252. The summed E-state index contributed by atoms with van der Waals surface area (Å²) in [6.45, 7) is 6.80. The average molecular weight is 301 g/mol. The number of nitrogens with zero attached hydrogens (tertiary/aromatic N) is 1. The molecule has 0 spiro atoms. The molecular weight excluding hydrogens is 280 g/mol. The van der Waals surface area contributed by atoms with E-state index >= 15 is 0 Å². The second-order valence-corrected chi connectivity index (χ2v) is 5.73. The third-order valence-electron chi connectivity index (χ3n) is 2.26. The van der Waals surface area contributed by atoms with Crippen molar-refractivity contribution in [1.82, 2.24) is 4.98 Å². The standard InChI is InChI=1S/C14H21ClN2O3/c1-14(2,3)20-13(18)10-8-11(15)17-12(9-10)16-6-5-7-19-4/h8-9H,5-7H2,1-4H3,(H,16,17). The van der Waals surface area contributed by atoms with Crippen molar-refractivity contribution in [2.45, 2.75) is 32.8 Å². The highest BCUT2D eigenvalue weighted by molar-refractivity contribution is 6.29. The molecule has 0 unspecified atom stereocenters. The molecule has 1 aromatic rings. The van der Waals surface area contributed by atoms with E-state index in [1.54, 1.807) is 13.2 Å². The zero-order valence-corrected chi connectivity index (χ0v) is 13.1. The van der Waals surface area contributed by atoms with Crippen molar-refractivity contribution in [2.24, 2.45) is 0 Å². The SMILES string of the molecule is COCCCNc1cc(C(=O)OC(C)(C)C)cc(Cl)n1. The molecule has 0 bridgehead atoms. The van der Waals surface area contributed by atoms with Gasteiger partial charge in [-0.1, -0.05) is 11.6 Å². The predicted octanol–water partition coefficient (Wildman–Crippen LogP) is 3.14. The number of halogens is 1. The lowest BCUT2D eigenvalue weighted by Gasteiger charge is -2.19. The van der Waals surface area contributed by atoms with E-state index in [2.05, 4.69) is 10.3 Å². The van der Waals surface area contributed by atoms with Crippen LogP contribution in [-0.2, 0) is 9.47 Å². The lowest BCUT2D eigenvalue weighted by molar-refractivity contribution is 0.00694. The number of nitrogens with one attached hydrogen (secondary N) is 1. The van der Waals surface area contributed by atoms with Gasteiger partial charge in [-0.25, -0.2) is 9.78 Å². The van der Waals surface area contributed by atoms with Crippen molar-refractivity contribution in [3.63, 3.8) is 0 Å². The van der Waals surface area contributed by atoms with Crippen LogP contribution in [0.3, 0.4) is 0 Å². The number of hydrogen-bond donors (Lipinski definition) is 1. The van der Waals surface area contributed by atoms with Crippen LogP contribution in [-0.4, -0.2) is 36.8 Å². The van der Waals surface area contributed by atoms with E-state index in [1.165, 1.54) is 6.07 Å². The first-order chi connectivity index (χ1) is 9.31. The quantitative estimate of drug-likeness (QED) is 0.497. The van der Waals surface area contributed by atoms with E-state index in [4.69, 9.17) is 21.1 Å². The van der Waals surface area contributed by atoms with E-state index in [1.807, 2.05) is 20.8 Å². The number of aromatic nitrogens is 1. The van der Waals surface area contributed by atoms with Gasteiger partial charge in [-0.05, 0) is 39.3 Å². The van der Waals surface area contributed by atoms with Crippen LogP contribution in [0.4, 0.5) is 5.82 Å². The van der Waals surface area contributed by atoms with Gasteiger partial charge < -0.3 is 14.8 Å². The molecule has 0 aromatic carbocycles. The Labute approximate surface area is 124 Å². The van der Waals surface area contributed by atoms with Crippen LogP contribution >= 0.6 is 11.6 Å². The van der Waals surface area contributed by atoms with E-state index in [9.17, 15) is 4.79 Å². The number of carbonyl (C=O) groups is 1. The highest BCUT2D eigenvalue weighted by Gasteiger charge is 2.19. The summed E-state index contributed by atoms with van der Waals surface area (Å²) in [5, 5.41) is 3.35. The Balaban J connectivity index is 2.73. The molecule has 0 saturated heterocycles. The molecule has 0 aliphatic carbocycles. The van der Waals surface area contributed by atoms with E-state index < -0.39 is 11.6 Å². The molecule has 0 radical (unpaired) electrons. The number of anilines is 1. The van der Waals surface area contributed by atoms with Crippen LogP contribution < -0.4 is 5.32 Å². The number of ether oxygens (including phenoxy) is 2. The minimum Gasteiger partial charge on any atom is -0.456 e. The number of esters is 1. The molecule has 112 valence electrons. The fourth-order valence-electron chi connectivity index (χ4n) is 1.48. The molecule has 1 N–H and O–H groups in total. The lowest BCUT2D eigenvalue weighted by Crippen LogP contribution is -2.24. The molecule has 20 heavy (non-hydrogen) atoms. The molecule has 0 saturated carbocycles. The first-order valence-electron chi connectivity index (χ1n) is 6.45. The number of rotatable bonds is 6. The fraction of sp³-hybridized carbons (Fsp3) is 0.571. The summed E-state index contributed by atoms with van der Waals surface area (Å²) < 4.78 is 10.3. The van der Waals surface area contributed by atoms with Crippen molar-refractivity contribution in [3.8, 4) is 0 Å². The van der Waals surface area contributed by atoms with Crippen molar-refractivity contribution in [2.75, 3.05) is 25.6 Å². The highest BCUT2D eigenvalue weighted by atomic mass is 35.5. The largest absolute Gasteiger partial charge is 0.456 e. The van der Waals surface area contributed by atoms with Crippen LogP contribution in [0.5, 0.6) is 0 Å². The molecular formula is C14H21ClN2O3. The molecule has 1 aromatic heterocycles. The van der Waals surface area contributed by atoms with Crippen LogP contribution in [0.2, 0.25) is 5.15 Å². The number of carbonyl (C=O) groups excluding carboxylic acids is 1. The van der Waals surface area contributed by atoms with Gasteiger partial charge in [0.2, 0.25) is 0 Å². The Bertz CT molecular complexity index is 458. The van der Waals surface area contributed by atoms with Crippen molar-refractivity contribution < 1.29 is 14.3 Å². The Morgan fingerprint density at radius 1 is 1.40 bits per heavy atom. The Hall–Kier alpha value is -1.33. The normalized spacial score (nSPS) is 11.2. The zero-order valence-electron chi connectivity index (χ0n) is 12.3. The zero-order chi connectivity index (χ0) is 15.2. The van der Waals surface area contributed by atoms with E-state index in [0.29, 0.717) is 24.5 Å². The topological polar surface area (TPSA) is 60.5 Å². The smallest absolute Gasteiger partial charge is 0.338 e. The maximum atomic E-state index is 12.0. The third-order valence-corrected chi connectivity index (χ3v) is 2.45. The van der Waals surface area contributed by atoms with Crippen molar-refractivity contribution >= 4 is 23.4 Å². The van der Waals surface area contributed by atoms with Crippen LogP contribution in [0, 0.1) is 0 Å². The fourth-order valence-corrected chi connectivity index (χ4v) is 1.68. The number of hydrogen-bond acceptors (Lipinski definition) is 5. The van der Waals surface area contributed by atoms with Crippen LogP contribution in [0.25, 0.3) is 0 Å². The number of pyridine rings is 1. The molecule has 6 heteroatoms. The average Bonchev–Trinajstić information content (AvgIpc) is 2.32. The van der Waals surface area contributed by atoms with Crippen molar-refractivity contribution in [3.05, 3.63) is 22.8 Å². The predicted molar refractivity (Wildman–Crippen MR) is 79.4 cm³/mol. The molecule has 0 aliphatic heterocycles. The summed E-state index contributed by atoms with van der Waals surface area (Å²) in [6, 6.07) is 3.13. The van der Waals surface area contributed by atoms with Gasteiger partial charge >= 0.3 is 5.97 Å². The minimum atomic E-state index is -0.543. The lowest BCUT2D eigenvalue weighted by atomic mass is 10.2. The summed E-state index contributed by atoms with van der Waals surface area (Å²) >= 11 is 5.92.